The lowest BCUT2D eigenvalue weighted by atomic mass is 10.0. The maximum atomic E-state index is 12.7. The molecule has 0 aliphatic heterocycles. The van der Waals surface area contributed by atoms with E-state index in [2.05, 4.69) is 5.32 Å². The Labute approximate surface area is 121 Å². The van der Waals surface area contributed by atoms with Gasteiger partial charge >= 0.3 is 0 Å². The number of amides is 1. The van der Waals surface area contributed by atoms with E-state index in [4.69, 9.17) is 0 Å². The summed E-state index contributed by atoms with van der Waals surface area (Å²) < 4.78 is 26.4. The van der Waals surface area contributed by atoms with Gasteiger partial charge in [0.25, 0.3) is 0 Å². The Morgan fingerprint density at radius 3 is 2.00 bits per heavy atom. The molecule has 5 nitrogen and oxygen atoms in total. The zero-order valence-corrected chi connectivity index (χ0v) is 13.7. The molecule has 1 amide bonds. The third kappa shape index (κ3) is 3.02. The summed E-state index contributed by atoms with van der Waals surface area (Å²) in [6, 6.07) is 1.97. The number of nitrogens with one attached hydrogen (secondary N) is 1. The highest BCUT2D eigenvalue weighted by molar-refractivity contribution is 7.89. The number of likely N-dealkylation sites (N-methyl/N-ethyl adjacent to an activating group) is 2. The number of carbonyl (C=O) groups excluding carboxylic acids is 1. The summed E-state index contributed by atoms with van der Waals surface area (Å²) in [5.41, 5.74) is 3.33. The molecule has 0 spiro atoms. The van der Waals surface area contributed by atoms with Gasteiger partial charge in [0.05, 0.1) is 11.4 Å². The van der Waals surface area contributed by atoms with Crippen molar-refractivity contribution in [1.29, 1.82) is 0 Å². The largest absolute Gasteiger partial charge is 0.358 e. The average Bonchev–Trinajstić information content (AvgIpc) is 2.36. The normalized spacial score (nSPS) is 11.8. The van der Waals surface area contributed by atoms with Gasteiger partial charge in [-0.25, -0.2) is 8.42 Å². The number of carbonyl (C=O) groups is 1. The minimum absolute atomic E-state index is 0.190. The van der Waals surface area contributed by atoms with E-state index in [1.807, 2.05) is 19.9 Å². The number of nitrogens with zero attached hydrogens (tertiary/aromatic N) is 1. The standard InChI is InChI=1S/C14H22N2O3S/c1-9-7-10(2)12(4)14(11(9)3)20(18,19)16(6)8-13(17)15-5/h7H,8H2,1-6H3,(H,15,17). The fraction of sp³-hybridized carbons (Fsp3) is 0.500. The Morgan fingerprint density at radius 1 is 1.15 bits per heavy atom. The van der Waals surface area contributed by atoms with Crippen LogP contribution in [0.25, 0.3) is 0 Å². The van der Waals surface area contributed by atoms with Gasteiger partial charge in [-0.05, 0) is 49.9 Å². The molecule has 1 aromatic carbocycles. The van der Waals surface area contributed by atoms with Crippen LogP contribution in [0.5, 0.6) is 0 Å². The van der Waals surface area contributed by atoms with E-state index in [-0.39, 0.29) is 12.5 Å². The van der Waals surface area contributed by atoms with Gasteiger partial charge in [0.2, 0.25) is 15.9 Å². The number of hydrogen-bond acceptors (Lipinski definition) is 3. The molecule has 6 heteroatoms. The summed E-state index contributed by atoms with van der Waals surface area (Å²) in [7, 11) is -0.778. The van der Waals surface area contributed by atoms with Gasteiger partial charge in [-0.15, -0.1) is 0 Å². The monoisotopic (exact) mass is 298 g/mol. The second kappa shape index (κ2) is 5.93. The van der Waals surface area contributed by atoms with Gasteiger partial charge in [0, 0.05) is 14.1 Å². The van der Waals surface area contributed by atoms with Gasteiger partial charge in [0.1, 0.15) is 0 Å². The molecule has 0 saturated heterocycles. The zero-order valence-electron chi connectivity index (χ0n) is 12.9. The molecular formula is C14H22N2O3S. The Morgan fingerprint density at radius 2 is 1.60 bits per heavy atom. The first kappa shape index (κ1) is 16.7. The van der Waals surface area contributed by atoms with Crippen molar-refractivity contribution in [2.75, 3.05) is 20.6 Å². The molecule has 1 rings (SSSR count). The second-order valence-corrected chi connectivity index (χ2v) is 7.01. The van der Waals surface area contributed by atoms with Crippen LogP contribution >= 0.6 is 0 Å². The van der Waals surface area contributed by atoms with E-state index in [0.717, 1.165) is 26.6 Å². The molecule has 0 atom stereocenters. The van der Waals surface area contributed by atoms with Crippen molar-refractivity contribution >= 4 is 15.9 Å². The van der Waals surface area contributed by atoms with Gasteiger partial charge in [-0.2, -0.15) is 4.31 Å². The van der Waals surface area contributed by atoms with Crippen LogP contribution in [0.4, 0.5) is 0 Å². The zero-order chi connectivity index (χ0) is 15.7. The van der Waals surface area contributed by atoms with Crippen LogP contribution in [0.1, 0.15) is 22.3 Å². The van der Waals surface area contributed by atoms with Crippen molar-refractivity contribution in [3.63, 3.8) is 0 Å². The molecule has 0 aliphatic rings. The number of benzene rings is 1. The molecule has 0 unspecified atom stereocenters. The SMILES string of the molecule is CNC(=O)CN(C)S(=O)(=O)c1c(C)c(C)cc(C)c1C. The lowest BCUT2D eigenvalue weighted by Gasteiger charge is -2.21. The smallest absolute Gasteiger partial charge is 0.243 e. The summed E-state index contributed by atoms with van der Waals surface area (Å²) in [6.45, 7) is 7.18. The van der Waals surface area contributed by atoms with Crippen LogP contribution in [0.3, 0.4) is 0 Å². The summed E-state index contributed by atoms with van der Waals surface area (Å²) in [6.07, 6.45) is 0. The molecule has 0 saturated carbocycles. The van der Waals surface area contributed by atoms with E-state index in [1.165, 1.54) is 14.1 Å². The number of aryl methyl sites for hydroxylation is 2. The molecular weight excluding hydrogens is 276 g/mol. The van der Waals surface area contributed by atoms with Gasteiger partial charge in [0.15, 0.2) is 0 Å². The minimum Gasteiger partial charge on any atom is -0.358 e. The lowest BCUT2D eigenvalue weighted by molar-refractivity contribution is -0.120. The number of rotatable bonds is 4. The predicted molar refractivity (Wildman–Crippen MR) is 79.3 cm³/mol. The predicted octanol–water partition coefficient (Wildman–Crippen LogP) is 1.29. The molecule has 0 aromatic heterocycles. The Kier molecular flexibility index (Phi) is 4.94. The third-order valence-corrected chi connectivity index (χ3v) is 5.69. The Bertz CT molecular complexity index is 610. The molecule has 0 fully saturated rings. The number of hydrogen-bond donors (Lipinski definition) is 1. The maximum absolute atomic E-state index is 12.7. The summed E-state index contributed by atoms with van der Waals surface area (Å²) in [4.78, 5) is 11.7. The molecule has 0 aliphatic carbocycles. The second-order valence-electron chi connectivity index (χ2n) is 5.02. The highest BCUT2D eigenvalue weighted by Gasteiger charge is 2.27. The summed E-state index contributed by atoms with van der Waals surface area (Å²) in [5, 5.41) is 2.43. The highest BCUT2D eigenvalue weighted by Crippen LogP contribution is 2.28. The van der Waals surface area contributed by atoms with Gasteiger partial charge in [-0.1, -0.05) is 6.07 Å². The molecule has 0 bridgehead atoms. The lowest BCUT2D eigenvalue weighted by Crippen LogP contribution is -2.37. The molecule has 0 radical (unpaired) electrons. The van der Waals surface area contributed by atoms with Crippen LogP contribution in [-0.2, 0) is 14.8 Å². The maximum Gasteiger partial charge on any atom is 0.243 e. The van der Waals surface area contributed by atoms with Crippen molar-refractivity contribution in [2.24, 2.45) is 0 Å². The van der Waals surface area contributed by atoms with Crippen molar-refractivity contribution in [3.8, 4) is 0 Å². The summed E-state index contributed by atoms with van der Waals surface area (Å²) in [5.74, 6) is -0.337. The first-order valence-electron chi connectivity index (χ1n) is 6.37. The van der Waals surface area contributed by atoms with Crippen LogP contribution in [-0.4, -0.2) is 39.3 Å². The third-order valence-electron chi connectivity index (χ3n) is 3.61. The van der Waals surface area contributed by atoms with E-state index < -0.39 is 10.0 Å². The fourth-order valence-corrected chi connectivity index (χ4v) is 3.78. The van der Waals surface area contributed by atoms with Crippen molar-refractivity contribution in [1.82, 2.24) is 9.62 Å². The first-order chi connectivity index (χ1) is 9.12. The summed E-state index contributed by atoms with van der Waals surface area (Å²) >= 11 is 0. The number of sulfonamides is 1. The first-order valence-corrected chi connectivity index (χ1v) is 7.81. The topological polar surface area (TPSA) is 66.5 Å². The van der Waals surface area contributed by atoms with Crippen LogP contribution in [0, 0.1) is 27.7 Å². The average molecular weight is 298 g/mol. The van der Waals surface area contributed by atoms with Crippen molar-refractivity contribution < 1.29 is 13.2 Å². The molecule has 0 heterocycles. The van der Waals surface area contributed by atoms with Crippen LogP contribution < -0.4 is 5.32 Å². The Hall–Kier alpha value is -1.40. The van der Waals surface area contributed by atoms with E-state index >= 15 is 0 Å². The molecule has 20 heavy (non-hydrogen) atoms. The van der Waals surface area contributed by atoms with Gasteiger partial charge in [-0.3, -0.25) is 4.79 Å². The van der Waals surface area contributed by atoms with Crippen LogP contribution in [0.15, 0.2) is 11.0 Å². The quantitative estimate of drug-likeness (QED) is 0.911. The highest BCUT2D eigenvalue weighted by atomic mass is 32.2. The van der Waals surface area contributed by atoms with E-state index in [9.17, 15) is 13.2 Å². The van der Waals surface area contributed by atoms with E-state index in [1.54, 1.807) is 13.8 Å². The van der Waals surface area contributed by atoms with Gasteiger partial charge < -0.3 is 5.32 Å². The van der Waals surface area contributed by atoms with E-state index in [0.29, 0.717) is 4.90 Å². The Balaban J connectivity index is 3.40. The van der Waals surface area contributed by atoms with Crippen LogP contribution in [0.2, 0.25) is 0 Å². The molecule has 112 valence electrons. The molecule has 1 N–H and O–H groups in total. The van der Waals surface area contributed by atoms with Crippen molar-refractivity contribution in [3.05, 3.63) is 28.3 Å². The van der Waals surface area contributed by atoms with Crippen molar-refractivity contribution in [2.45, 2.75) is 32.6 Å². The molecule has 1 aromatic rings. The minimum atomic E-state index is -3.68. The fourth-order valence-electron chi connectivity index (χ4n) is 2.09.